The Labute approximate surface area is 203 Å². The number of nitrogens with zero attached hydrogens (tertiary/aromatic N) is 1. The van der Waals surface area contributed by atoms with Gasteiger partial charge < -0.3 is 25.7 Å². The second kappa shape index (κ2) is 10.9. The highest BCUT2D eigenvalue weighted by Crippen LogP contribution is 2.39. The molecule has 182 valence electrons. The van der Waals surface area contributed by atoms with Crippen LogP contribution >= 0.6 is 11.8 Å². The monoisotopic (exact) mass is 485 g/mol. The van der Waals surface area contributed by atoms with E-state index in [-0.39, 0.29) is 12.3 Å². The molecule has 0 bridgehead atoms. The number of aliphatic hydroxyl groups excluding tert-OH is 1. The first-order valence-electron chi connectivity index (χ1n) is 11.1. The summed E-state index contributed by atoms with van der Waals surface area (Å²) >= 11 is 1.34. The maximum absolute atomic E-state index is 13.2. The Morgan fingerprint density at radius 1 is 1.12 bits per heavy atom. The zero-order chi connectivity index (χ0) is 24.9. The van der Waals surface area contributed by atoms with Gasteiger partial charge in [0, 0.05) is 11.3 Å². The normalized spacial score (nSPS) is 18.7. The lowest BCUT2D eigenvalue weighted by atomic mass is 9.98. The SMILES string of the molecule is Cc1ccccc1CNC(=O)NC(Cc1ccccc1)C(O)C(=O)N1CSC(C)(C)C1C(=O)O. The van der Waals surface area contributed by atoms with Crippen molar-refractivity contribution in [3.63, 3.8) is 0 Å². The predicted octanol–water partition coefficient (Wildman–Crippen LogP) is 2.53. The molecule has 3 unspecified atom stereocenters. The highest BCUT2D eigenvalue weighted by atomic mass is 32.2. The fraction of sp³-hybridized carbons (Fsp3) is 0.400. The fourth-order valence-corrected chi connectivity index (χ4v) is 5.18. The van der Waals surface area contributed by atoms with Gasteiger partial charge >= 0.3 is 12.0 Å². The third-order valence-electron chi connectivity index (χ3n) is 6.01. The lowest BCUT2D eigenvalue weighted by Gasteiger charge is -2.31. The molecule has 9 heteroatoms. The molecule has 0 radical (unpaired) electrons. The Balaban J connectivity index is 1.75. The standard InChI is InChI=1S/C25H31N3O5S/c1-16-9-7-8-12-18(16)14-26-24(33)27-19(13-17-10-5-4-6-11-17)20(29)22(30)28-15-34-25(2,3)21(28)23(31)32/h4-12,19-21,29H,13-15H2,1-3H3,(H,31,32)(H2,26,27,33). The predicted molar refractivity (Wildman–Crippen MR) is 131 cm³/mol. The van der Waals surface area contributed by atoms with Crippen molar-refractivity contribution in [2.45, 2.75) is 56.7 Å². The summed E-state index contributed by atoms with van der Waals surface area (Å²) in [5.41, 5.74) is 2.81. The minimum absolute atomic E-state index is 0.150. The van der Waals surface area contributed by atoms with Crippen LogP contribution in [0.5, 0.6) is 0 Å². The Morgan fingerprint density at radius 2 is 1.76 bits per heavy atom. The molecule has 3 atom stereocenters. The Bertz CT molecular complexity index is 1030. The highest BCUT2D eigenvalue weighted by Gasteiger charge is 2.50. The van der Waals surface area contributed by atoms with E-state index in [2.05, 4.69) is 10.6 Å². The summed E-state index contributed by atoms with van der Waals surface area (Å²) in [4.78, 5) is 39.0. The number of amides is 3. The van der Waals surface area contributed by atoms with Gasteiger partial charge in [-0.25, -0.2) is 9.59 Å². The lowest BCUT2D eigenvalue weighted by Crippen LogP contribution is -2.57. The van der Waals surface area contributed by atoms with Crippen LogP contribution in [0.1, 0.15) is 30.5 Å². The molecule has 1 fully saturated rings. The van der Waals surface area contributed by atoms with Crippen molar-refractivity contribution >= 4 is 29.7 Å². The second-order valence-electron chi connectivity index (χ2n) is 8.92. The molecule has 3 rings (SSSR count). The molecule has 1 saturated heterocycles. The molecular weight excluding hydrogens is 454 g/mol. The number of hydrogen-bond acceptors (Lipinski definition) is 5. The van der Waals surface area contributed by atoms with Crippen LogP contribution in [-0.4, -0.2) is 61.8 Å². The van der Waals surface area contributed by atoms with E-state index < -0.39 is 40.8 Å². The number of hydrogen-bond donors (Lipinski definition) is 4. The third-order valence-corrected chi connectivity index (χ3v) is 7.39. The number of aliphatic carboxylic acids is 1. The summed E-state index contributed by atoms with van der Waals surface area (Å²) < 4.78 is -0.700. The van der Waals surface area contributed by atoms with Crippen molar-refractivity contribution in [2.75, 3.05) is 5.88 Å². The second-order valence-corrected chi connectivity index (χ2v) is 10.5. The number of carbonyl (C=O) groups excluding carboxylic acids is 2. The van der Waals surface area contributed by atoms with Crippen molar-refractivity contribution in [3.05, 3.63) is 71.3 Å². The number of nitrogens with one attached hydrogen (secondary N) is 2. The quantitative estimate of drug-likeness (QED) is 0.456. The van der Waals surface area contributed by atoms with Gasteiger partial charge in [-0.05, 0) is 43.9 Å². The van der Waals surface area contributed by atoms with Crippen LogP contribution in [0.2, 0.25) is 0 Å². The van der Waals surface area contributed by atoms with Crippen molar-refractivity contribution in [1.29, 1.82) is 0 Å². The zero-order valence-corrected chi connectivity index (χ0v) is 20.3. The summed E-state index contributed by atoms with van der Waals surface area (Å²) in [6, 6.07) is 14.3. The zero-order valence-electron chi connectivity index (χ0n) is 19.5. The van der Waals surface area contributed by atoms with Crippen LogP contribution < -0.4 is 10.6 Å². The fourth-order valence-electron chi connectivity index (χ4n) is 4.04. The van der Waals surface area contributed by atoms with Crippen molar-refractivity contribution < 1.29 is 24.6 Å². The van der Waals surface area contributed by atoms with E-state index in [1.165, 1.54) is 16.7 Å². The molecule has 8 nitrogen and oxygen atoms in total. The van der Waals surface area contributed by atoms with Gasteiger partial charge in [0.25, 0.3) is 5.91 Å². The molecule has 3 amide bonds. The summed E-state index contributed by atoms with van der Waals surface area (Å²) in [7, 11) is 0. The average molecular weight is 486 g/mol. The lowest BCUT2D eigenvalue weighted by molar-refractivity contribution is -0.154. The smallest absolute Gasteiger partial charge is 0.327 e. The number of thioether (sulfide) groups is 1. The maximum Gasteiger partial charge on any atom is 0.327 e. The Hall–Kier alpha value is -3.04. The molecule has 0 aliphatic carbocycles. The Kier molecular flexibility index (Phi) is 8.22. The molecule has 4 N–H and O–H groups in total. The van der Waals surface area contributed by atoms with E-state index in [9.17, 15) is 24.6 Å². The van der Waals surface area contributed by atoms with E-state index in [1.54, 1.807) is 13.8 Å². The van der Waals surface area contributed by atoms with Crippen molar-refractivity contribution in [3.8, 4) is 0 Å². The molecule has 1 heterocycles. The van der Waals surface area contributed by atoms with Gasteiger partial charge in [0.05, 0.1) is 11.9 Å². The molecule has 1 aliphatic rings. The number of carboxylic acid groups (broad SMARTS) is 1. The van der Waals surface area contributed by atoms with Crippen LogP contribution in [0.4, 0.5) is 4.79 Å². The maximum atomic E-state index is 13.2. The van der Waals surface area contributed by atoms with Gasteiger partial charge in [-0.3, -0.25) is 4.79 Å². The number of benzene rings is 2. The first-order valence-corrected chi connectivity index (χ1v) is 12.1. The molecule has 0 saturated carbocycles. The summed E-state index contributed by atoms with van der Waals surface area (Å²) in [6.07, 6.45) is -1.41. The first-order chi connectivity index (χ1) is 16.1. The van der Waals surface area contributed by atoms with E-state index in [0.29, 0.717) is 6.54 Å². The minimum Gasteiger partial charge on any atom is -0.480 e. The first kappa shape index (κ1) is 25.6. The third kappa shape index (κ3) is 6.09. The molecule has 1 aliphatic heterocycles. The van der Waals surface area contributed by atoms with Gasteiger partial charge in [-0.1, -0.05) is 54.6 Å². The van der Waals surface area contributed by atoms with Gasteiger partial charge in [-0.15, -0.1) is 11.8 Å². The van der Waals surface area contributed by atoms with Crippen molar-refractivity contribution in [1.82, 2.24) is 15.5 Å². The van der Waals surface area contributed by atoms with E-state index in [4.69, 9.17) is 0 Å². The highest BCUT2D eigenvalue weighted by molar-refractivity contribution is 8.00. The van der Waals surface area contributed by atoms with Crippen LogP contribution in [0.15, 0.2) is 54.6 Å². The summed E-state index contributed by atoms with van der Waals surface area (Å²) in [6.45, 7) is 5.76. The Morgan fingerprint density at radius 3 is 2.41 bits per heavy atom. The van der Waals surface area contributed by atoms with Crippen LogP contribution in [0.25, 0.3) is 0 Å². The number of urea groups is 1. The van der Waals surface area contributed by atoms with Gasteiger partial charge in [0.1, 0.15) is 6.04 Å². The van der Waals surface area contributed by atoms with E-state index in [0.717, 1.165) is 16.7 Å². The molecule has 0 aromatic heterocycles. The average Bonchev–Trinajstić information content (AvgIpc) is 3.13. The number of aryl methyl sites for hydroxylation is 1. The van der Waals surface area contributed by atoms with Gasteiger partial charge in [-0.2, -0.15) is 0 Å². The molecule has 0 spiro atoms. The van der Waals surface area contributed by atoms with Crippen LogP contribution in [-0.2, 0) is 22.6 Å². The molecule has 2 aromatic carbocycles. The number of rotatable bonds is 8. The van der Waals surface area contributed by atoms with Crippen LogP contribution in [0, 0.1) is 6.92 Å². The van der Waals surface area contributed by atoms with Crippen molar-refractivity contribution in [2.24, 2.45) is 0 Å². The number of aliphatic hydroxyl groups is 1. The number of carbonyl (C=O) groups is 3. The minimum atomic E-state index is -1.61. The topological polar surface area (TPSA) is 119 Å². The van der Waals surface area contributed by atoms with Crippen LogP contribution in [0.3, 0.4) is 0 Å². The van der Waals surface area contributed by atoms with E-state index in [1.807, 2.05) is 61.5 Å². The molecule has 2 aromatic rings. The molecular formula is C25H31N3O5S. The number of carboxylic acids is 1. The molecule has 34 heavy (non-hydrogen) atoms. The largest absolute Gasteiger partial charge is 0.480 e. The summed E-state index contributed by atoms with van der Waals surface area (Å²) in [5.74, 6) is -1.69. The van der Waals surface area contributed by atoms with E-state index >= 15 is 0 Å². The summed E-state index contributed by atoms with van der Waals surface area (Å²) in [5, 5.41) is 26.2. The van der Waals surface area contributed by atoms with Gasteiger partial charge in [0.2, 0.25) is 0 Å². The van der Waals surface area contributed by atoms with Gasteiger partial charge in [0.15, 0.2) is 6.10 Å².